The van der Waals surface area contributed by atoms with Gasteiger partial charge in [0.05, 0.1) is 21.8 Å². The fourth-order valence-electron chi connectivity index (χ4n) is 1.99. The van der Waals surface area contributed by atoms with Crippen molar-refractivity contribution in [3.05, 3.63) is 52.3 Å². The third-order valence-corrected chi connectivity index (χ3v) is 4.67. The second kappa shape index (κ2) is 4.96. The number of rotatable bonds is 2. The number of aryl methyl sites for hydroxylation is 1. The summed E-state index contributed by atoms with van der Waals surface area (Å²) in [5, 5.41) is 13.4. The maximum Gasteiger partial charge on any atom is 0.102 e. The van der Waals surface area contributed by atoms with Crippen molar-refractivity contribution in [3.63, 3.8) is 0 Å². The second-order valence-corrected chi connectivity index (χ2v) is 5.98. The Balaban J connectivity index is 2.25. The van der Waals surface area contributed by atoms with Gasteiger partial charge in [0.1, 0.15) is 6.07 Å². The third kappa shape index (κ3) is 2.19. The highest BCUT2D eigenvalue weighted by molar-refractivity contribution is 7.14. The first-order chi connectivity index (χ1) is 9.29. The highest BCUT2D eigenvalue weighted by atomic mass is 32.1. The van der Waals surface area contributed by atoms with Gasteiger partial charge in [-0.3, -0.25) is 4.98 Å². The Morgan fingerprint density at radius 3 is 2.37 bits per heavy atom. The molecule has 0 aliphatic carbocycles. The molecule has 19 heavy (non-hydrogen) atoms. The van der Waals surface area contributed by atoms with E-state index < -0.39 is 0 Å². The second-order valence-electron chi connectivity index (χ2n) is 4.08. The minimum absolute atomic E-state index is 0.669. The summed E-state index contributed by atoms with van der Waals surface area (Å²) in [6.07, 6.45) is 0. The molecule has 0 saturated carbocycles. The summed E-state index contributed by atoms with van der Waals surface area (Å²) in [6, 6.07) is 12.4. The van der Waals surface area contributed by atoms with Gasteiger partial charge in [-0.2, -0.15) is 5.26 Å². The molecule has 0 amide bonds. The summed E-state index contributed by atoms with van der Waals surface area (Å²) < 4.78 is 0. The van der Waals surface area contributed by atoms with E-state index in [1.165, 1.54) is 0 Å². The van der Waals surface area contributed by atoms with Gasteiger partial charge in [0.15, 0.2) is 0 Å². The van der Waals surface area contributed by atoms with E-state index in [9.17, 15) is 5.26 Å². The van der Waals surface area contributed by atoms with Crippen LogP contribution in [-0.4, -0.2) is 4.98 Å². The average Bonchev–Trinajstić information content (AvgIpc) is 3.11. The van der Waals surface area contributed by atoms with Gasteiger partial charge in [-0.1, -0.05) is 12.1 Å². The lowest BCUT2D eigenvalue weighted by Gasteiger charge is -2.07. The van der Waals surface area contributed by atoms with Gasteiger partial charge in [0, 0.05) is 10.4 Å². The number of hydrogen-bond acceptors (Lipinski definition) is 4. The van der Waals surface area contributed by atoms with Gasteiger partial charge in [0.25, 0.3) is 0 Å². The molecule has 0 aliphatic heterocycles. The van der Waals surface area contributed by atoms with Gasteiger partial charge < -0.3 is 0 Å². The van der Waals surface area contributed by atoms with Crippen molar-refractivity contribution in [1.29, 1.82) is 5.26 Å². The molecule has 3 rings (SSSR count). The van der Waals surface area contributed by atoms with Crippen LogP contribution in [0.3, 0.4) is 0 Å². The fraction of sp³-hybridized carbons (Fsp3) is 0.0667. The molecule has 0 fully saturated rings. The number of nitriles is 1. The van der Waals surface area contributed by atoms with Crippen molar-refractivity contribution in [2.45, 2.75) is 6.92 Å². The maximum atomic E-state index is 9.34. The molecular formula is C15H10N2S2. The molecule has 0 aromatic carbocycles. The van der Waals surface area contributed by atoms with Crippen LogP contribution in [0.1, 0.15) is 11.3 Å². The Hall–Kier alpha value is -1.96. The van der Waals surface area contributed by atoms with Crippen molar-refractivity contribution in [3.8, 4) is 27.1 Å². The highest BCUT2D eigenvalue weighted by Gasteiger charge is 2.13. The predicted octanol–water partition coefficient (Wildman–Crippen LogP) is 4.72. The SMILES string of the molecule is Cc1nc(-c2cccs2)cc(-c2cccs2)c1C#N. The van der Waals surface area contributed by atoms with E-state index in [1.54, 1.807) is 22.7 Å². The largest absolute Gasteiger partial charge is 0.251 e. The van der Waals surface area contributed by atoms with E-state index in [2.05, 4.69) is 17.1 Å². The summed E-state index contributed by atoms with van der Waals surface area (Å²) in [7, 11) is 0. The van der Waals surface area contributed by atoms with Crippen molar-refractivity contribution in [2.24, 2.45) is 0 Å². The molecule has 3 aromatic heterocycles. The smallest absolute Gasteiger partial charge is 0.102 e. The number of aromatic nitrogens is 1. The first-order valence-corrected chi connectivity index (χ1v) is 7.55. The Morgan fingerprint density at radius 1 is 1.11 bits per heavy atom. The fourth-order valence-corrected chi connectivity index (χ4v) is 3.43. The minimum atomic E-state index is 0.669. The van der Waals surface area contributed by atoms with Crippen molar-refractivity contribution < 1.29 is 0 Å². The van der Waals surface area contributed by atoms with Crippen molar-refractivity contribution in [2.75, 3.05) is 0 Å². The zero-order chi connectivity index (χ0) is 13.2. The van der Waals surface area contributed by atoms with Gasteiger partial charge >= 0.3 is 0 Å². The molecule has 0 unspecified atom stereocenters. The van der Waals surface area contributed by atoms with Gasteiger partial charge in [-0.25, -0.2) is 0 Å². The van der Waals surface area contributed by atoms with Crippen LogP contribution in [-0.2, 0) is 0 Å². The molecule has 0 saturated heterocycles. The summed E-state index contributed by atoms with van der Waals surface area (Å²) >= 11 is 3.31. The molecule has 0 atom stereocenters. The topological polar surface area (TPSA) is 36.7 Å². The highest BCUT2D eigenvalue weighted by Crippen LogP contribution is 2.33. The first-order valence-electron chi connectivity index (χ1n) is 5.79. The third-order valence-electron chi connectivity index (χ3n) is 2.87. The summed E-state index contributed by atoms with van der Waals surface area (Å²) in [5.41, 5.74) is 3.38. The van der Waals surface area contributed by atoms with Crippen LogP contribution in [0.2, 0.25) is 0 Å². The Bertz CT molecular complexity index is 735. The summed E-state index contributed by atoms with van der Waals surface area (Å²) in [6.45, 7) is 1.90. The lowest BCUT2D eigenvalue weighted by molar-refractivity contribution is 1.19. The standard InChI is InChI=1S/C15H10N2S2/c1-10-12(9-16)11(14-4-2-6-18-14)8-13(17-10)15-5-3-7-19-15/h2-8H,1H3. The van der Waals surface area contributed by atoms with E-state index in [1.807, 2.05) is 41.9 Å². The Labute approximate surface area is 119 Å². The quantitative estimate of drug-likeness (QED) is 0.682. The van der Waals surface area contributed by atoms with Gasteiger partial charge in [-0.05, 0) is 35.9 Å². The first kappa shape index (κ1) is 12.1. The van der Waals surface area contributed by atoms with E-state index in [4.69, 9.17) is 0 Å². The van der Waals surface area contributed by atoms with E-state index in [0.717, 1.165) is 26.7 Å². The molecule has 3 heterocycles. The zero-order valence-electron chi connectivity index (χ0n) is 10.3. The number of hydrogen-bond donors (Lipinski definition) is 0. The average molecular weight is 282 g/mol. The number of thiophene rings is 2. The normalized spacial score (nSPS) is 10.3. The molecule has 2 nitrogen and oxygen atoms in total. The minimum Gasteiger partial charge on any atom is -0.251 e. The van der Waals surface area contributed by atoms with E-state index in [-0.39, 0.29) is 0 Å². The molecule has 4 heteroatoms. The van der Waals surface area contributed by atoms with Crippen LogP contribution in [0.4, 0.5) is 0 Å². The summed E-state index contributed by atoms with van der Waals surface area (Å²) in [5.74, 6) is 0. The van der Waals surface area contributed by atoms with Crippen molar-refractivity contribution in [1.82, 2.24) is 4.98 Å². The Kier molecular flexibility index (Phi) is 3.16. The van der Waals surface area contributed by atoms with Crippen molar-refractivity contribution >= 4 is 22.7 Å². The predicted molar refractivity (Wildman–Crippen MR) is 80.3 cm³/mol. The van der Waals surface area contributed by atoms with Crippen LogP contribution < -0.4 is 0 Å². The number of pyridine rings is 1. The number of nitrogens with zero attached hydrogens (tertiary/aromatic N) is 2. The molecule has 0 N–H and O–H groups in total. The van der Waals surface area contributed by atoms with Crippen LogP contribution >= 0.6 is 22.7 Å². The van der Waals surface area contributed by atoms with E-state index in [0.29, 0.717) is 5.56 Å². The molecule has 0 bridgehead atoms. The summed E-state index contributed by atoms with van der Waals surface area (Å²) in [4.78, 5) is 6.79. The molecule has 0 radical (unpaired) electrons. The zero-order valence-corrected chi connectivity index (χ0v) is 11.9. The molecule has 0 aliphatic rings. The molecule has 92 valence electrons. The molecule has 0 spiro atoms. The van der Waals surface area contributed by atoms with Crippen LogP contribution in [0.5, 0.6) is 0 Å². The molecule has 3 aromatic rings. The maximum absolute atomic E-state index is 9.34. The van der Waals surface area contributed by atoms with E-state index >= 15 is 0 Å². The Morgan fingerprint density at radius 2 is 1.79 bits per heavy atom. The van der Waals surface area contributed by atoms with Gasteiger partial charge in [0.2, 0.25) is 0 Å². The molecular weight excluding hydrogens is 272 g/mol. The van der Waals surface area contributed by atoms with Crippen LogP contribution in [0.15, 0.2) is 41.1 Å². The van der Waals surface area contributed by atoms with Crippen LogP contribution in [0.25, 0.3) is 21.0 Å². The lowest BCUT2D eigenvalue weighted by atomic mass is 10.0. The van der Waals surface area contributed by atoms with Gasteiger partial charge in [-0.15, -0.1) is 22.7 Å². The monoisotopic (exact) mass is 282 g/mol. The lowest BCUT2D eigenvalue weighted by Crippen LogP contribution is -1.94. The van der Waals surface area contributed by atoms with Crippen LogP contribution in [0, 0.1) is 18.3 Å².